The normalized spacial score (nSPS) is 13.6. The third-order valence-electron chi connectivity index (χ3n) is 13.0. The molecule has 0 aliphatic rings. The van der Waals surface area contributed by atoms with Crippen LogP contribution in [-0.2, 0) is 4.79 Å². The lowest BCUT2D eigenvalue weighted by molar-refractivity contribution is -0.131. The van der Waals surface area contributed by atoms with Gasteiger partial charge < -0.3 is 20.6 Å². The van der Waals surface area contributed by atoms with Crippen molar-refractivity contribution in [2.75, 3.05) is 6.61 Å². The summed E-state index contributed by atoms with van der Waals surface area (Å²) in [4.78, 5) is 12.5. The van der Waals surface area contributed by atoms with Crippen molar-refractivity contribution in [1.82, 2.24) is 5.32 Å². The van der Waals surface area contributed by atoms with Crippen molar-refractivity contribution in [1.29, 1.82) is 0 Å². The van der Waals surface area contributed by atoms with Gasteiger partial charge in [-0.3, -0.25) is 4.79 Å². The quantitative estimate of drug-likeness (QED) is 0.0362. The molecule has 3 atom stereocenters. The van der Waals surface area contributed by atoms with Crippen LogP contribution >= 0.6 is 0 Å². The van der Waals surface area contributed by atoms with E-state index in [9.17, 15) is 20.1 Å². The van der Waals surface area contributed by atoms with Crippen molar-refractivity contribution >= 4 is 5.91 Å². The summed E-state index contributed by atoms with van der Waals surface area (Å²) in [6, 6.07) is -0.816. The van der Waals surface area contributed by atoms with E-state index in [0.29, 0.717) is 6.42 Å². The van der Waals surface area contributed by atoms with Crippen LogP contribution in [0.15, 0.2) is 36.5 Å². The number of nitrogens with one attached hydrogen (secondary N) is 1. The maximum absolute atomic E-state index is 12.5. The molecular weight excluding hydrogens is 763 g/mol. The number of unbranched alkanes of at least 4 members (excludes halogenated alkanes) is 39. The summed E-state index contributed by atoms with van der Waals surface area (Å²) in [6.07, 6.45) is 67.9. The van der Waals surface area contributed by atoms with E-state index in [1.165, 1.54) is 238 Å². The number of allylic oxidation sites excluding steroid dienone is 5. The highest BCUT2D eigenvalue weighted by atomic mass is 16.3. The molecule has 366 valence electrons. The summed E-state index contributed by atoms with van der Waals surface area (Å²) in [5.41, 5.74) is 0. The molecular formula is C57H109NO4. The Kier molecular flexibility index (Phi) is 51.0. The molecule has 0 aliphatic carbocycles. The van der Waals surface area contributed by atoms with Gasteiger partial charge in [0.25, 0.3) is 0 Å². The van der Waals surface area contributed by atoms with Crippen LogP contribution < -0.4 is 5.32 Å². The maximum atomic E-state index is 12.5. The predicted molar refractivity (Wildman–Crippen MR) is 273 cm³/mol. The number of rotatable bonds is 51. The molecule has 0 aliphatic heterocycles. The second-order valence-corrected chi connectivity index (χ2v) is 19.1. The monoisotopic (exact) mass is 872 g/mol. The molecule has 62 heavy (non-hydrogen) atoms. The lowest BCUT2D eigenvalue weighted by atomic mass is 10.0. The Balaban J connectivity index is 3.62. The molecule has 1 amide bonds. The summed E-state index contributed by atoms with van der Waals surface area (Å²) < 4.78 is 0. The highest BCUT2D eigenvalue weighted by Crippen LogP contribution is 2.17. The summed E-state index contributed by atoms with van der Waals surface area (Å²) in [5.74, 6) is -0.511. The molecule has 0 saturated heterocycles. The molecule has 0 saturated carbocycles. The third-order valence-corrected chi connectivity index (χ3v) is 13.0. The third kappa shape index (κ3) is 46.6. The van der Waals surface area contributed by atoms with Gasteiger partial charge in [0.15, 0.2) is 0 Å². The fourth-order valence-electron chi connectivity index (χ4n) is 8.61. The van der Waals surface area contributed by atoms with Gasteiger partial charge in [-0.05, 0) is 57.8 Å². The van der Waals surface area contributed by atoms with E-state index in [1.54, 1.807) is 6.08 Å². The molecule has 0 aromatic rings. The fourth-order valence-corrected chi connectivity index (χ4v) is 8.61. The minimum Gasteiger partial charge on any atom is -0.394 e. The van der Waals surface area contributed by atoms with Gasteiger partial charge in [-0.25, -0.2) is 0 Å². The molecule has 5 heteroatoms. The molecule has 4 N–H and O–H groups in total. The average molecular weight is 873 g/mol. The van der Waals surface area contributed by atoms with Gasteiger partial charge in [0.1, 0.15) is 6.10 Å². The zero-order valence-electron chi connectivity index (χ0n) is 41.8. The van der Waals surface area contributed by atoms with Gasteiger partial charge in [0.05, 0.1) is 18.8 Å². The minimum atomic E-state index is -1.11. The highest BCUT2D eigenvalue weighted by molar-refractivity contribution is 5.80. The van der Waals surface area contributed by atoms with E-state index in [2.05, 4.69) is 43.5 Å². The zero-order chi connectivity index (χ0) is 45.1. The Hall–Kier alpha value is -1.43. The lowest BCUT2D eigenvalue weighted by Gasteiger charge is -2.21. The van der Waals surface area contributed by atoms with E-state index >= 15 is 0 Å². The molecule has 0 aromatic carbocycles. The zero-order valence-corrected chi connectivity index (χ0v) is 41.8. The van der Waals surface area contributed by atoms with Crippen molar-refractivity contribution in [2.24, 2.45) is 0 Å². The van der Waals surface area contributed by atoms with Gasteiger partial charge in [-0.15, -0.1) is 0 Å². The largest absolute Gasteiger partial charge is 0.394 e. The molecule has 0 spiro atoms. The van der Waals surface area contributed by atoms with Gasteiger partial charge in [0, 0.05) is 0 Å². The molecule has 0 aromatic heterocycles. The number of hydrogen-bond acceptors (Lipinski definition) is 4. The highest BCUT2D eigenvalue weighted by Gasteiger charge is 2.22. The van der Waals surface area contributed by atoms with Crippen LogP contribution in [-0.4, -0.2) is 46.1 Å². The Morgan fingerprint density at radius 2 is 0.661 bits per heavy atom. The predicted octanol–water partition coefficient (Wildman–Crippen LogP) is 17.1. The van der Waals surface area contributed by atoms with Crippen molar-refractivity contribution in [2.45, 2.75) is 315 Å². The summed E-state index contributed by atoms with van der Waals surface area (Å²) in [6.45, 7) is 4.20. The van der Waals surface area contributed by atoms with Gasteiger partial charge >= 0.3 is 0 Å². The first kappa shape index (κ1) is 60.6. The van der Waals surface area contributed by atoms with E-state index < -0.39 is 24.2 Å². The summed E-state index contributed by atoms with van der Waals surface area (Å²) in [5, 5.41) is 33.3. The van der Waals surface area contributed by atoms with Gasteiger partial charge in [0.2, 0.25) is 5.91 Å². The first-order chi connectivity index (χ1) is 30.6. The smallest absolute Gasteiger partial charge is 0.249 e. The Morgan fingerprint density at radius 3 is 0.984 bits per heavy atom. The van der Waals surface area contributed by atoms with E-state index in [4.69, 9.17) is 0 Å². The first-order valence-electron chi connectivity index (χ1n) is 27.8. The van der Waals surface area contributed by atoms with E-state index in [-0.39, 0.29) is 6.61 Å². The average Bonchev–Trinajstić information content (AvgIpc) is 3.28. The van der Waals surface area contributed by atoms with Crippen molar-refractivity contribution in [3.8, 4) is 0 Å². The summed E-state index contributed by atoms with van der Waals surface area (Å²) in [7, 11) is 0. The van der Waals surface area contributed by atoms with Crippen LogP contribution in [0.5, 0.6) is 0 Å². The molecule has 0 radical (unpaired) electrons. The van der Waals surface area contributed by atoms with E-state index in [1.807, 2.05) is 6.08 Å². The molecule has 3 unspecified atom stereocenters. The van der Waals surface area contributed by atoms with Crippen LogP contribution in [0.4, 0.5) is 0 Å². The Bertz CT molecular complexity index is 962. The first-order valence-corrected chi connectivity index (χ1v) is 27.8. The van der Waals surface area contributed by atoms with Gasteiger partial charge in [-0.2, -0.15) is 0 Å². The second kappa shape index (κ2) is 52.2. The standard InChI is InChI=1S/C57H109NO4/c1-3-5-7-9-11-13-15-17-19-21-23-25-27-28-30-32-34-36-38-40-42-44-46-48-50-52-56(61)57(62)58-54(53-59)55(60)51-49-47-45-43-41-39-37-35-33-31-29-26-24-22-20-18-16-14-12-10-8-6-4-2/h28,30,41,43,49,51,54-56,59-61H,3-27,29,31-40,42,44-48,50,52-53H2,1-2H3,(H,58,62)/b30-28-,43-41+,51-49+. The minimum absolute atomic E-state index is 0.376. The fraction of sp³-hybridized carbons (Fsp3) is 0.877. The van der Waals surface area contributed by atoms with Crippen molar-refractivity contribution in [3.63, 3.8) is 0 Å². The maximum Gasteiger partial charge on any atom is 0.249 e. The molecule has 0 bridgehead atoms. The van der Waals surface area contributed by atoms with E-state index in [0.717, 1.165) is 38.5 Å². The van der Waals surface area contributed by atoms with Crippen molar-refractivity contribution in [3.05, 3.63) is 36.5 Å². The van der Waals surface area contributed by atoms with Gasteiger partial charge in [-0.1, -0.05) is 275 Å². The number of hydrogen-bond donors (Lipinski definition) is 4. The van der Waals surface area contributed by atoms with Crippen LogP contribution in [0.3, 0.4) is 0 Å². The molecule has 0 heterocycles. The topological polar surface area (TPSA) is 89.8 Å². The number of carbonyl (C=O) groups is 1. The number of carbonyl (C=O) groups excluding carboxylic acids is 1. The number of aliphatic hydroxyl groups excluding tert-OH is 3. The molecule has 5 nitrogen and oxygen atoms in total. The lowest BCUT2D eigenvalue weighted by Crippen LogP contribution is -2.48. The van der Waals surface area contributed by atoms with Crippen LogP contribution in [0, 0.1) is 0 Å². The van der Waals surface area contributed by atoms with Crippen LogP contribution in [0.1, 0.15) is 296 Å². The Morgan fingerprint density at radius 1 is 0.387 bits per heavy atom. The SMILES string of the molecule is CCCCCCCCCCCCCC/C=C\CCCCCCCCCCCC(O)C(=O)NC(CO)C(O)/C=C/CC/C=C/CCCCCCCCCCCCCCCCCCC. The van der Waals surface area contributed by atoms with Crippen molar-refractivity contribution < 1.29 is 20.1 Å². The number of aliphatic hydroxyl groups is 3. The molecule has 0 rings (SSSR count). The van der Waals surface area contributed by atoms with Crippen LogP contribution in [0.25, 0.3) is 0 Å². The summed E-state index contributed by atoms with van der Waals surface area (Å²) >= 11 is 0. The molecule has 0 fully saturated rings. The number of amides is 1. The Labute approximate surface area is 387 Å². The second-order valence-electron chi connectivity index (χ2n) is 19.1. The van der Waals surface area contributed by atoms with Crippen LogP contribution in [0.2, 0.25) is 0 Å².